The van der Waals surface area contributed by atoms with E-state index in [0.717, 1.165) is 17.3 Å². The van der Waals surface area contributed by atoms with Gasteiger partial charge in [-0.15, -0.1) is 11.6 Å². The third-order valence-electron chi connectivity index (χ3n) is 1.90. The van der Waals surface area contributed by atoms with Crippen LogP contribution in [-0.2, 0) is 11.6 Å². The van der Waals surface area contributed by atoms with Crippen LogP contribution in [0.2, 0.25) is 0 Å². The molecular formula is C9H15ClN2S. The van der Waals surface area contributed by atoms with Crippen molar-refractivity contribution in [3.05, 3.63) is 17.7 Å². The highest BCUT2D eigenvalue weighted by molar-refractivity contribution is 7.99. The molecule has 0 aliphatic carbocycles. The van der Waals surface area contributed by atoms with E-state index in [0.29, 0.717) is 11.1 Å². The quantitative estimate of drug-likeness (QED) is 0.770. The lowest BCUT2D eigenvalue weighted by Crippen LogP contribution is -1.94. The molecule has 13 heavy (non-hydrogen) atoms. The zero-order valence-corrected chi connectivity index (χ0v) is 9.58. The van der Waals surface area contributed by atoms with Gasteiger partial charge in [-0.1, -0.05) is 13.8 Å². The highest BCUT2D eigenvalue weighted by Crippen LogP contribution is 2.18. The second kappa shape index (κ2) is 5.55. The third-order valence-corrected chi connectivity index (χ3v) is 3.53. The number of aromatic nitrogens is 2. The van der Waals surface area contributed by atoms with Crippen molar-refractivity contribution in [1.82, 2.24) is 9.97 Å². The van der Waals surface area contributed by atoms with Crippen LogP contribution in [0.3, 0.4) is 0 Å². The number of thioether (sulfide) groups is 1. The number of hydrogen-bond acceptors (Lipinski definition) is 2. The largest absolute Gasteiger partial charge is 0.344 e. The number of imidazole rings is 1. The highest BCUT2D eigenvalue weighted by atomic mass is 35.5. The van der Waals surface area contributed by atoms with E-state index < -0.39 is 0 Å². The molecule has 1 atom stereocenters. The molecule has 0 radical (unpaired) electrons. The van der Waals surface area contributed by atoms with E-state index in [9.17, 15) is 0 Å². The van der Waals surface area contributed by atoms with Gasteiger partial charge in [-0.25, -0.2) is 4.98 Å². The number of halogens is 1. The van der Waals surface area contributed by atoms with Gasteiger partial charge in [-0.3, -0.25) is 0 Å². The van der Waals surface area contributed by atoms with Crippen molar-refractivity contribution in [1.29, 1.82) is 0 Å². The molecule has 1 N–H and O–H groups in total. The topological polar surface area (TPSA) is 28.7 Å². The lowest BCUT2D eigenvalue weighted by Gasteiger charge is -2.05. The minimum atomic E-state index is 0.515. The second-order valence-corrected chi connectivity index (χ2v) is 4.71. The fraction of sp³-hybridized carbons (Fsp3) is 0.667. The molecule has 0 fully saturated rings. The summed E-state index contributed by atoms with van der Waals surface area (Å²) in [7, 11) is 0. The van der Waals surface area contributed by atoms with Gasteiger partial charge in [0.1, 0.15) is 5.82 Å². The molecular weight excluding hydrogens is 204 g/mol. The van der Waals surface area contributed by atoms with Gasteiger partial charge in [0.25, 0.3) is 0 Å². The smallest absolute Gasteiger partial charge is 0.116 e. The Kier molecular flexibility index (Phi) is 4.67. The van der Waals surface area contributed by atoms with E-state index >= 15 is 0 Å². The first kappa shape index (κ1) is 10.9. The zero-order chi connectivity index (χ0) is 9.68. The Morgan fingerprint density at radius 2 is 2.46 bits per heavy atom. The minimum absolute atomic E-state index is 0.515. The molecule has 4 heteroatoms. The number of nitrogens with one attached hydrogen (secondary N) is 1. The molecule has 0 aromatic carbocycles. The summed E-state index contributed by atoms with van der Waals surface area (Å²) in [5, 5.41) is 0.699. The van der Waals surface area contributed by atoms with Crippen LogP contribution in [0.5, 0.6) is 0 Å². The van der Waals surface area contributed by atoms with Gasteiger partial charge >= 0.3 is 0 Å². The molecule has 0 spiro atoms. The molecule has 0 amide bonds. The number of hydrogen-bond donors (Lipinski definition) is 1. The number of aromatic amines is 1. The Morgan fingerprint density at radius 1 is 1.69 bits per heavy atom. The Morgan fingerprint density at radius 3 is 3.00 bits per heavy atom. The van der Waals surface area contributed by atoms with Crippen LogP contribution in [0.1, 0.15) is 31.8 Å². The van der Waals surface area contributed by atoms with Crippen molar-refractivity contribution in [2.24, 2.45) is 0 Å². The summed E-state index contributed by atoms with van der Waals surface area (Å²) in [6.07, 6.45) is 3.01. The Hall–Kier alpha value is -0.150. The average molecular weight is 219 g/mol. The summed E-state index contributed by atoms with van der Waals surface area (Å²) < 4.78 is 0. The van der Waals surface area contributed by atoms with E-state index in [2.05, 4.69) is 23.8 Å². The van der Waals surface area contributed by atoms with Gasteiger partial charge in [0.05, 0.1) is 11.6 Å². The van der Waals surface area contributed by atoms with Gasteiger partial charge in [0, 0.05) is 17.1 Å². The first-order valence-electron chi connectivity index (χ1n) is 4.46. The predicted molar refractivity (Wildman–Crippen MR) is 59.2 cm³/mol. The van der Waals surface area contributed by atoms with E-state index in [1.165, 1.54) is 6.42 Å². The molecule has 0 saturated heterocycles. The van der Waals surface area contributed by atoms with E-state index in [4.69, 9.17) is 11.6 Å². The molecule has 2 nitrogen and oxygen atoms in total. The molecule has 0 aliphatic heterocycles. The van der Waals surface area contributed by atoms with Crippen molar-refractivity contribution in [2.45, 2.75) is 37.2 Å². The molecule has 0 bridgehead atoms. The second-order valence-electron chi connectivity index (χ2n) is 3.02. The fourth-order valence-electron chi connectivity index (χ4n) is 0.886. The van der Waals surface area contributed by atoms with Crippen LogP contribution in [0.25, 0.3) is 0 Å². The van der Waals surface area contributed by atoms with Crippen LogP contribution in [0.15, 0.2) is 6.20 Å². The summed E-state index contributed by atoms with van der Waals surface area (Å²) in [6, 6.07) is 0. The molecule has 0 saturated carbocycles. The van der Waals surface area contributed by atoms with Gasteiger partial charge in [-0.05, 0) is 6.42 Å². The van der Waals surface area contributed by atoms with E-state index in [1.807, 2.05) is 11.8 Å². The summed E-state index contributed by atoms with van der Waals surface area (Å²) >= 11 is 7.57. The standard InChI is InChI=1S/C9H15ClN2S/c1-3-7(2)13-6-9-11-5-8(4-10)12-9/h5,7H,3-4,6H2,1-2H3,(H,11,12). The molecule has 1 rings (SSSR count). The Bertz CT molecular complexity index is 250. The normalized spacial score (nSPS) is 13.2. The van der Waals surface area contributed by atoms with Gasteiger partial charge in [0.2, 0.25) is 0 Å². The van der Waals surface area contributed by atoms with Crippen LogP contribution < -0.4 is 0 Å². The SMILES string of the molecule is CCC(C)SCc1ncc(CCl)[nH]1. The number of rotatable bonds is 5. The monoisotopic (exact) mass is 218 g/mol. The van der Waals surface area contributed by atoms with Crippen molar-refractivity contribution in [2.75, 3.05) is 0 Å². The molecule has 1 aromatic rings. The summed E-state index contributed by atoms with van der Waals surface area (Å²) in [5.74, 6) is 2.49. The fourth-order valence-corrected chi connectivity index (χ4v) is 1.85. The van der Waals surface area contributed by atoms with E-state index in [-0.39, 0.29) is 0 Å². The molecule has 74 valence electrons. The van der Waals surface area contributed by atoms with Crippen LogP contribution in [0.4, 0.5) is 0 Å². The summed E-state index contributed by atoms with van der Waals surface area (Å²) in [5.41, 5.74) is 1.00. The maximum absolute atomic E-state index is 5.65. The van der Waals surface area contributed by atoms with Crippen LogP contribution in [0, 0.1) is 0 Å². The van der Waals surface area contributed by atoms with E-state index in [1.54, 1.807) is 6.20 Å². The van der Waals surface area contributed by atoms with Crippen molar-refractivity contribution >= 4 is 23.4 Å². The van der Waals surface area contributed by atoms with Gasteiger partial charge in [0.15, 0.2) is 0 Å². The third kappa shape index (κ3) is 3.61. The maximum atomic E-state index is 5.65. The summed E-state index contributed by atoms with van der Waals surface area (Å²) in [6.45, 7) is 4.43. The Labute approximate surface area is 88.5 Å². The number of H-pyrrole nitrogens is 1. The molecule has 1 unspecified atom stereocenters. The van der Waals surface area contributed by atoms with Crippen molar-refractivity contribution in [3.8, 4) is 0 Å². The average Bonchev–Trinajstić information content (AvgIpc) is 2.61. The van der Waals surface area contributed by atoms with Crippen LogP contribution in [-0.4, -0.2) is 15.2 Å². The summed E-state index contributed by atoms with van der Waals surface area (Å²) in [4.78, 5) is 7.41. The van der Waals surface area contributed by atoms with Crippen LogP contribution >= 0.6 is 23.4 Å². The minimum Gasteiger partial charge on any atom is -0.344 e. The Balaban J connectivity index is 2.36. The first-order chi connectivity index (χ1) is 6.26. The van der Waals surface area contributed by atoms with Crippen molar-refractivity contribution < 1.29 is 0 Å². The van der Waals surface area contributed by atoms with Gasteiger partial charge < -0.3 is 4.98 Å². The number of nitrogens with zero attached hydrogens (tertiary/aromatic N) is 1. The molecule has 1 aromatic heterocycles. The first-order valence-corrected chi connectivity index (χ1v) is 6.05. The highest BCUT2D eigenvalue weighted by Gasteiger charge is 2.03. The van der Waals surface area contributed by atoms with Crippen molar-refractivity contribution in [3.63, 3.8) is 0 Å². The number of alkyl halides is 1. The van der Waals surface area contributed by atoms with Gasteiger partial charge in [-0.2, -0.15) is 11.8 Å². The maximum Gasteiger partial charge on any atom is 0.116 e. The molecule has 1 heterocycles. The molecule has 0 aliphatic rings. The predicted octanol–water partition coefficient (Wildman–Crippen LogP) is 3.18. The lowest BCUT2D eigenvalue weighted by atomic mass is 10.4. The zero-order valence-electron chi connectivity index (χ0n) is 8.01. The lowest BCUT2D eigenvalue weighted by molar-refractivity contribution is 0.902.